The standard InChI is InChI=1S/C11H13O2/c1-2-3-9-11(12)13-10-7-5-4-6-8-10/h4-9H,2-3H2,1H3. The Morgan fingerprint density at radius 3 is 2.69 bits per heavy atom. The van der Waals surface area contributed by atoms with Gasteiger partial charge in [-0.05, 0) is 18.6 Å². The van der Waals surface area contributed by atoms with Crippen molar-refractivity contribution in [2.24, 2.45) is 0 Å². The fourth-order valence-corrected chi connectivity index (χ4v) is 0.909. The summed E-state index contributed by atoms with van der Waals surface area (Å²) in [5.41, 5.74) is 0. The summed E-state index contributed by atoms with van der Waals surface area (Å²) in [5.74, 6) is 0.327. The molecule has 0 amide bonds. The molecule has 0 aliphatic carbocycles. The summed E-state index contributed by atoms with van der Waals surface area (Å²) in [6, 6.07) is 9.08. The van der Waals surface area contributed by atoms with Gasteiger partial charge in [0.1, 0.15) is 5.75 Å². The number of carbonyl (C=O) groups is 1. The Balaban J connectivity index is 2.37. The molecule has 0 unspecified atom stereocenters. The van der Waals surface area contributed by atoms with Gasteiger partial charge < -0.3 is 4.74 Å². The molecule has 1 radical (unpaired) electrons. The van der Waals surface area contributed by atoms with E-state index in [-0.39, 0.29) is 5.97 Å². The third kappa shape index (κ3) is 3.74. The van der Waals surface area contributed by atoms with Gasteiger partial charge in [-0.15, -0.1) is 0 Å². The lowest BCUT2D eigenvalue weighted by Crippen LogP contribution is -2.07. The molecule has 0 heterocycles. The molecule has 0 saturated carbocycles. The molecule has 69 valence electrons. The Kier molecular flexibility index (Phi) is 4.03. The highest BCUT2D eigenvalue weighted by Gasteiger charge is 2.02. The van der Waals surface area contributed by atoms with Gasteiger partial charge in [-0.25, -0.2) is 0 Å². The summed E-state index contributed by atoms with van der Waals surface area (Å²) in [7, 11) is 0. The lowest BCUT2D eigenvalue weighted by atomic mass is 10.2. The van der Waals surface area contributed by atoms with E-state index in [9.17, 15) is 4.79 Å². The molecule has 0 fully saturated rings. The number of para-hydroxylation sites is 1. The molecular weight excluding hydrogens is 164 g/mol. The minimum atomic E-state index is -0.270. The predicted octanol–water partition coefficient (Wildman–Crippen LogP) is 2.60. The third-order valence-electron chi connectivity index (χ3n) is 1.56. The average Bonchev–Trinajstić information content (AvgIpc) is 2.16. The maximum absolute atomic E-state index is 11.1. The van der Waals surface area contributed by atoms with Crippen molar-refractivity contribution in [1.82, 2.24) is 0 Å². The van der Waals surface area contributed by atoms with Crippen LogP contribution in [0.3, 0.4) is 0 Å². The molecule has 0 atom stereocenters. The first-order chi connectivity index (χ1) is 6.33. The first kappa shape index (κ1) is 9.78. The van der Waals surface area contributed by atoms with Crippen molar-refractivity contribution in [2.75, 3.05) is 0 Å². The minimum absolute atomic E-state index is 0.270. The van der Waals surface area contributed by atoms with Crippen molar-refractivity contribution >= 4 is 5.97 Å². The van der Waals surface area contributed by atoms with Crippen LogP contribution in [-0.4, -0.2) is 5.97 Å². The SMILES string of the molecule is CCC[CH]C(=O)Oc1ccccc1. The van der Waals surface area contributed by atoms with E-state index in [1.807, 2.05) is 25.1 Å². The summed E-state index contributed by atoms with van der Waals surface area (Å²) >= 11 is 0. The molecule has 0 saturated heterocycles. The fourth-order valence-electron chi connectivity index (χ4n) is 0.909. The Morgan fingerprint density at radius 2 is 2.08 bits per heavy atom. The number of benzene rings is 1. The van der Waals surface area contributed by atoms with Crippen molar-refractivity contribution in [3.63, 3.8) is 0 Å². The normalized spacial score (nSPS) is 9.62. The van der Waals surface area contributed by atoms with Crippen LogP contribution >= 0.6 is 0 Å². The number of esters is 1. The number of carbonyl (C=O) groups excluding carboxylic acids is 1. The van der Waals surface area contributed by atoms with Gasteiger partial charge >= 0.3 is 5.97 Å². The van der Waals surface area contributed by atoms with E-state index in [0.29, 0.717) is 5.75 Å². The topological polar surface area (TPSA) is 26.3 Å². The number of rotatable bonds is 4. The molecule has 0 N–H and O–H groups in total. The highest BCUT2D eigenvalue weighted by atomic mass is 16.5. The van der Waals surface area contributed by atoms with E-state index in [1.165, 1.54) is 0 Å². The van der Waals surface area contributed by atoms with Gasteiger partial charge in [0.05, 0.1) is 6.42 Å². The van der Waals surface area contributed by atoms with E-state index < -0.39 is 0 Å². The van der Waals surface area contributed by atoms with Crippen molar-refractivity contribution in [1.29, 1.82) is 0 Å². The fraction of sp³-hybridized carbons (Fsp3) is 0.273. The van der Waals surface area contributed by atoms with Gasteiger partial charge in [0, 0.05) is 0 Å². The average molecular weight is 177 g/mol. The van der Waals surface area contributed by atoms with E-state index >= 15 is 0 Å². The van der Waals surface area contributed by atoms with Gasteiger partial charge in [-0.3, -0.25) is 4.79 Å². The molecule has 0 aliphatic heterocycles. The van der Waals surface area contributed by atoms with Gasteiger partial charge in [-0.2, -0.15) is 0 Å². The van der Waals surface area contributed by atoms with Crippen LogP contribution in [0.2, 0.25) is 0 Å². The summed E-state index contributed by atoms with van der Waals surface area (Å²) < 4.78 is 5.02. The predicted molar refractivity (Wildman–Crippen MR) is 51.3 cm³/mol. The van der Waals surface area contributed by atoms with Gasteiger partial charge in [0.2, 0.25) is 0 Å². The van der Waals surface area contributed by atoms with Crippen LogP contribution < -0.4 is 4.74 Å². The van der Waals surface area contributed by atoms with Crippen molar-refractivity contribution in [2.45, 2.75) is 19.8 Å². The highest BCUT2D eigenvalue weighted by molar-refractivity contribution is 5.80. The smallest absolute Gasteiger partial charge is 0.315 e. The molecule has 0 aliphatic rings. The summed E-state index contributed by atoms with van der Waals surface area (Å²) in [4.78, 5) is 11.1. The van der Waals surface area contributed by atoms with Crippen LogP contribution in [0.4, 0.5) is 0 Å². The van der Waals surface area contributed by atoms with Gasteiger partial charge in [0.25, 0.3) is 0 Å². The number of hydrogen-bond donors (Lipinski definition) is 0. The van der Waals surface area contributed by atoms with Crippen LogP contribution in [-0.2, 0) is 4.79 Å². The van der Waals surface area contributed by atoms with Crippen molar-refractivity contribution in [3.8, 4) is 5.75 Å². The maximum atomic E-state index is 11.1. The zero-order valence-electron chi connectivity index (χ0n) is 7.69. The Morgan fingerprint density at radius 1 is 1.38 bits per heavy atom. The molecule has 2 heteroatoms. The molecule has 0 aromatic heterocycles. The van der Waals surface area contributed by atoms with Crippen LogP contribution in [0.5, 0.6) is 5.75 Å². The Labute approximate surface area is 78.5 Å². The molecule has 13 heavy (non-hydrogen) atoms. The molecule has 1 aromatic rings. The van der Waals surface area contributed by atoms with E-state index in [0.717, 1.165) is 12.8 Å². The molecule has 0 bridgehead atoms. The first-order valence-corrected chi connectivity index (χ1v) is 4.43. The highest BCUT2D eigenvalue weighted by Crippen LogP contribution is 2.09. The van der Waals surface area contributed by atoms with E-state index in [4.69, 9.17) is 4.74 Å². The summed E-state index contributed by atoms with van der Waals surface area (Å²) in [6.07, 6.45) is 3.29. The zero-order chi connectivity index (χ0) is 9.52. The maximum Gasteiger partial charge on any atom is 0.315 e. The quantitative estimate of drug-likeness (QED) is 0.522. The second kappa shape index (κ2) is 5.36. The van der Waals surface area contributed by atoms with Gasteiger partial charge in [0.15, 0.2) is 0 Å². The largest absolute Gasteiger partial charge is 0.426 e. The second-order valence-corrected chi connectivity index (χ2v) is 2.73. The van der Waals surface area contributed by atoms with E-state index in [1.54, 1.807) is 18.6 Å². The number of hydrogen-bond acceptors (Lipinski definition) is 2. The number of ether oxygens (including phenoxy) is 1. The molecule has 0 spiro atoms. The van der Waals surface area contributed by atoms with Crippen LogP contribution in [0.15, 0.2) is 30.3 Å². The summed E-state index contributed by atoms with van der Waals surface area (Å²) in [5, 5.41) is 0. The first-order valence-electron chi connectivity index (χ1n) is 4.43. The molecule has 1 aromatic carbocycles. The van der Waals surface area contributed by atoms with Gasteiger partial charge in [-0.1, -0.05) is 31.5 Å². The molecular formula is C11H13O2. The van der Waals surface area contributed by atoms with Crippen LogP contribution in [0.25, 0.3) is 0 Å². The zero-order valence-corrected chi connectivity index (χ0v) is 7.69. The Bertz CT molecular complexity index is 254. The van der Waals surface area contributed by atoms with Crippen LogP contribution in [0, 0.1) is 6.42 Å². The van der Waals surface area contributed by atoms with Crippen molar-refractivity contribution in [3.05, 3.63) is 36.8 Å². The number of unbranched alkanes of at least 4 members (excludes halogenated alkanes) is 1. The van der Waals surface area contributed by atoms with Crippen LogP contribution in [0.1, 0.15) is 19.8 Å². The molecule has 2 nitrogen and oxygen atoms in total. The Hall–Kier alpha value is -1.31. The molecule has 1 rings (SSSR count). The lowest BCUT2D eigenvalue weighted by Gasteiger charge is -2.01. The second-order valence-electron chi connectivity index (χ2n) is 2.73. The van der Waals surface area contributed by atoms with E-state index in [2.05, 4.69) is 0 Å². The lowest BCUT2D eigenvalue weighted by molar-refractivity contribution is -0.130. The summed E-state index contributed by atoms with van der Waals surface area (Å²) in [6.45, 7) is 2.02. The third-order valence-corrected chi connectivity index (χ3v) is 1.56. The minimum Gasteiger partial charge on any atom is -0.426 e. The van der Waals surface area contributed by atoms with Crippen molar-refractivity contribution < 1.29 is 9.53 Å². The monoisotopic (exact) mass is 177 g/mol.